The summed E-state index contributed by atoms with van der Waals surface area (Å²) in [6.07, 6.45) is -1.06. The predicted octanol–water partition coefficient (Wildman–Crippen LogP) is 3.42. The molecule has 7 heteroatoms. The first-order valence-electron chi connectivity index (χ1n) is 8.02. The highest BCUT2D eigenvalue weighted by Gasteiger charge is 2.20. The SMILES string of the molecule is CCOc1ccc(NC(=O)[C@H](C)OC(=O)c2ccc(OC)c(F)c2)cc1. The van der Waals surface area contributed by atoms with Crippen LogP contribution in [-0.2, 0) is 9.53 Å². The van der Waals surface area contributed by atoms with Crippen molar-refractivity contribution in [3.8, 4) is 11.5 Å². The quantitative estimate of drug-likeness (QED) is 0.765. The number of esters is 1. The fraction of sp³-hybridized carbons (Fsp3) is 0.263. The zero-order chi connectivity index (χ0) is 19.1. The molecule has 0 aliphatic heterocycles. The number of hydrogen-bond acceptors (Lipinski definition) is 5. The Labute approximate surface area is 150 Å². The van der Waals surface area contributed by atoms with E-state index < -0.39 is 23.8 Å². The predicted molar refractivity (Wildman–Crippen MR) is 94.1 cm³/mol. The minimum absolute atomic E-state index is 0.0102. The zero-order valence-corrected chi connectivity index (χ0v) is 14.7. The molecule has 0 saturated heterocycles. The number of anilines is 1. The highest BCUT2D eigenvalue weighted by molar-refractivity contribution is 5.97. The molecular weight excluding hydrogens is 341 g/mol. The minimum atomic E-state index is -1.06. The molecule has 6 nitrogen and oxygen atoms in total. The molecular formula is C19H20FNO5. The van der Waals surface area contributed by atoms with Gasteiger partial charge in [0.25, 0.3) is 5.91 Å². The van der Waals surface area contributed by atoms with Crippen LogP contribution in [0, 0.1) is 5.82 Å². The van der Waals surface area contributed by atoms with Gasteiger partial charge in [0.05, 0.1) is 19.3 Å². The van der Waals surface area contributed by atoms with Gasteiger partial charge in [0.2, 0.25) is 0 Å². The second kappa shape index (κ2) is 8.84. The normalized spacial score (nSPS) is 11.4. The topological polar surface area (TPSA) is 73.9 Å². The van der Waals surface area contributed by atoms with Crippen molar-refractivity contribution in [2.24, 2.45) is 0 Å². The maximum absolute atomic E-state index is 13.7. The number of amides is 1. The molecule has 0 bridgehead atoms. The van der Waals surface area contributed by atoms with Crippen LogP contribution in [0.15, 0.2) is 42.5 Å². The summed E-state index contributed by atoms with van der Waals surface area (Å²) in [6, 6.07) is 10.5. The summed E-state index contributed by atoms with van der Waals surface area (Å²) in [5.41, 5.74) is 0.529. The fourth-order valence-corrected chi connectivity index (χ4v) is 2.12. The molecule has 2 aromatic carbocycles. The van der Waals surface area contributed by atoms with E-state index in [1.54, 1.807) is 24.3 Å². The van der Waals surface area contributed by atoms with E-state index in [9.17, 15) is 14.0 Å². The first-order chi connectivity index (χ1) is 12.4. The maximum atomic E-state index is 13.7. The summed E-state index contributed by atoms with van der Waals surface area (Å²) in [5.74, 6) is -1.29. The van der Waals surface area contributed by atoms with Crippen LogP contribution in [0.5, 0.6) is 11.5 Å². The van der Waals surface area contributed by atoms with Crippen LogP contribution in [0.2, 0.25) is 0 Å². The molecule has 0 fully saturated rings. The molecule has 0 saturated carbocycles. The van der Waals surface area contributed by atoms with Crippen LogP contribution < -0.4 is 14.8 Å². The van der Waals surface area contributed by atoms with E-state index in [1.165, 1.54) is 26.2 Å². The van der Waals surface area contributed by atoms with Crippen LogP contribution in [0.4, 0.5) is 10.1 Å². The van der Waals surface area contributed by atoms with Crippen molar-refractivity contribution < 1.29 is 28.2 Å². The molecule has 0 aromatic heterocycles. The van der Waals surface area contributed by atoms with Crippen LogP contribution in [0.25, 0.3) is 0 Å². The van der Waals surface area contributed by atoms with Crippen LogP contribution >= 0.6 is 0 Å². The largest absolute Gasteiger partial charge is 0.494 e. The van der Waals surface area contributed by atoms with Gasteiger partial charge in [-0.2, -0.15) is 0 Å². The third-order valence-electron chi connectivity index (χ3n) is 3.47. The zero-order valence-electron chi connectivity index (χ0n) is 14.7. The average molecular weight is 361 g/mol. The number of rotatable bonds is 7. The van der Waals surface area contributed by atoms with Crippen molar-refractivity contribution in [3.63, 3.8) is 0 Å². The van der Waals surface area contributed by atoms with Crippen molar-refractivity contribution in [1.29, 1.82) is 0 Å². The van der Waals surface area contributed by atoms with Gasteiger partial charge in [0.15, 0.2) is 17.7 Å². The number of carbonyl (C=O) groups excluding carboxylic acids is 2. The van der Waals surface area contributed by atoms with Gasteiger partial charge in [-0.15, -0.1) is 0 Å². The third kappa shape index (κ3) is 4.95. The Bertz CT molecular complexity index is 776. The highest BCUT2D eigenvalue weighted by Crippen LogP contribution is 2.19. The molecule has 0 aliphatic carbocycles. The molecule has 0 radical (unpaired) electrons. The van der Waals surface area contributed by atoms with Gasteiger partial charge in [0.1, 0.15) is 5.75 Å². The van der Waals surface area contributed by atoms with Crippen molar-refractivity contribution in [1.82, 2.24) is 0 Å². The van der Waals surface area contributed by atoms with E-state index in [1.807, 2.05) is 6.92 Å². The molecule has 0 unspecified atom stereocenters. The number of hydrogen-bond donors (Lipinski definition) is 1. The van der Waals surface area contributed by atoms with Crippen molar-refractivity contribution in [2.45, 2.75) is 20.0 Å². The summed E-state index contributed by atoms with van der Waals surface area (Å²) in [6.45, 7) is 3.85. The van der Waals surface area contributed by atoms with Crippen LogP contribution in [-0.4, -0.2) is 31.7 Å². The number of benzene rings is 2. The minimum Gasteiger partial charge on any atom is -0.494 e. The Morgan fingerprint density at radius 1 is 1.15 bits per heavy atom. The average Bonchev–Trinajstić information content (AvgIpc) is 2.63. The molecule has 0 heterocycles. The summed E-state index contributed by atoms with van der Waals surface area (Å²) in [5, 5.41) is 2.63. The molecule has 1 N–H and O–H groups in total. The van der Waals surface area contributed by atoms with E-state index in [4.69, 9.17) is 14.2 Å². The van der Waals surface area contributed by atoms with Crippen molar-refractivity contribution in [2.75, 3.05) is 19.0 Å². The maximum Gasteiger partial charge on any atom is 0.339 e. The van der Waals surface area contributed by atoms with Gasteiger partial charge in [0, 0.05) is 5.69 Å². The molecule has 26 heavy (non-hydrogen) atoms. The lowest BCUT2D eigenvalue weighted by atomic mass is 10.2. The second-order valence-electron chi connectivity index (χ2n) is 5.34. The number of ether oxygens (including phenoxy) is 3. The van der Waals surface area contributed by atoms with Gasteiger partial charge in [-0.05, 0) is 56.3 Å². The standard InChI is InChI=1S/C19H20FNO5/c1-4-25-15-8-6-14(7-9-15)21-18(22)12(2)26-19(23)13-5-10-17(24-3)16(20)11-13/h5-12H,4H2,1-3H3,(H,21,22)/t12-/m0/s1. The number of methoxy groups -OCH3 is 1. The van der Waals surface area contributed by atoms with E-state index in [2.05, 4.69) is 5.32 Å². The lowest BCUT2D eigenvalue weighted by Crippen LogP contribution is -2.30. The van der Waals surface area contributed by atoms with E-state index in [-0.39, 0.29) is 11.3 Å². The van der Waals surface area contributed by atoms with Crippen molar-refractivity contribution >= 4 is 17.6 Å². The summed E-state index contributed by atoms with van der Waals surface area (Å²) < 4.78 is 28.8. The monoisotopic (exact) mass is 361 g/mol. The summed E-state index contributed by atoms with van der Waals surface area (Å²) in [4.78, 5) is 24.2. The molecule has 2 rings (SSSR count). The molecule has 2 aromatic rings. The molecule has 138 valence electrons. The summed E-state index contributed by atoms with van der Waals surface area (Å²) in [7, 11) is 1.32. The van der Waals surface area contributed by atoms with Gasteiger partial charge < -0.3 is 19.5 Å². The number of halogens is 1. The lowest BCUT2D eigenvalue weighted by molar-refractivity contribution is -0.123. The fourth-order valence-electron chi connectivity index (χ4n) is 2.12. The number of nitrogens with one attached hydrogen (secondary N) is 1. The Hall–Kier alpha value is -3.09. The van der Waals surface area contributed by atoms with E-state index >= 15 is 0 Å². The van der Waals surface area contributed by atoms with Crippen LogP contribution in [0.1, 0.15) is 24.2 Å². The first-order valence-corrected chi connectivity index (χ1v) is 8.02. The highest BCUT2D eigenvalue weighted by atomic mass is 19.1. The molecule has 1 amide bonds. The van der Waals surface area contributed by atoms with Gasteiger partial charge in [-0.25, -0.2) is 9.18 Å². The Morgan fingerprint density at radius 2 is 1.85 bits per heavy atom. The van der Waals surface area contributed by atoms with Crippen molar-refractivity contribution in [3.05, 3.63) is 53.8 Å². The van der Waals surface area contributed by atoms with Gasteiger partial charge >= 0.3 is 5.97 Å². The third-order valence-corrected chi connectivity index (χ3v) is 3.47. The summed E-state index contributed by atoms with van der Waals surface area (Å²) >= 11 is 0. The Morgan fingerprint density at radius 3 is 2.42 bits per heavy atom. The Kier molecular flexibility index (Phi) is 6.54. The Balaban J connectivity index is 1.95. The van der Waals surface area contributed by atoms with E-state index in [0.29, 0.717) is 18.0 Å². The first kappa shape index (κ1) is 19.2. The second-order valence-corrected chi connectivity index (χ2v) is 5.34. The molecule has 0 spiro atoms. The van der Waals surface area contributed by atoms with Crippen LogP contribution in [0.3, 0.4) is 0 Å². The van der Waals surface area contributed by atoms with E-state index in [0.717, 1.165) is 6.07 Å². The van der Waals surface area contributed by atoms with Gasteiger partial charge in [-0.1, -0.05) is 0 Å². The smallest absolute Gasteiger partial charge is 0.339 e. The molecule has 0 aliphatic rings. The number of carbonyl (C=O) groups is 2. The molecule has 1 atom stereocenters. The lowest BCUT2D eigenvalue weighted by Gasteiger charge is -2.14. The van der Waals surface area contributed by atoms with Gasteiger partial charge in [-0.3, -0.25) is 4.79 Å².